The van der Waals surface area contributed by atoms with Gasteiger partial charge in [-0.15, -0.1) is 0 Å². The molecule has 0 unspecified atom stereocenters. The zero-order valence-corrected chi connectivity index (χ0v) is 12.1. The molecule has 0 radical (unpaired) electrons. The van der Waals surface area contributed by atoms with Crippen molar-refractivity contribution in [1.82, 2.24) is 9.97 Å². The average molecular weight is 316 g/mol. The van der Waals surface area contributed by atoms with Gasteiger partial charge in [0.15, 0.2) is 5.82 Å². The molecule has 0 aliphatic carbocycles. The fraction of sp³-hybridized carbons (Fsp3) is 0. The first-order valence-corrected chi connectivity index (χ1v) is 6.81. The lowest BCUT2D eigenvalue weighted by Crippen LogP contribution is -1.94. The summed E-state index contributed by atoms with van der Waals surface area (Å²) >= 11 is 5.65. The van der Waals surface area contributed by atoms with Crippen LogP contribution >= 0.6 is 11.6 Å². The van der Waals surface area contributed by atoms with Crippen LogP contribution in [0, 0.1) is 5.82 Å². The zero-order chi connectivity index (χ0) is 15.5. The van der Waals surface area contributed by atoms with E-state index in [1.54, 1.807) is 42.6 Å². The molecule has 0 amide bonds. The van der Waals surface area contributed by atoms with Crippen LogP contribution in [0.2, 0.25) is 5.02 Å². The first-order valence-electron chi connectivity index (χ1n) is 6.43. The molecule has 22 heavy (non-hydrogen) atoms. The first kappa shape index (κ1) is 14.3. The number of rotatable bonds is 3. The summed E-state index contributed by atoms with van der Waals surface area (Å²) in [7, 11) is 0. The molecule has 6 heteroatoms. The van der Waals surface area contributed by atoms with Gasteiger partial charge in [-0.25, -0.2) is 9.37 Å². The SMILES string of the molecule is Nc1cccnc1-c1ccc(Oc2ncc(Cl)cc2F)cc1. The summed E-state index contributed by atoms with van der Waals surface area (Å²) in [4.78, 5) is 8.04. The van der Waals surface area contributed by atoms with Gasteiger partial charge in [0.25, 0.3) is 5.88 Å². The van der Waals surface area contributed by atoms with Crippen molar-refractivity contribution in [3.05, 3.63) is 65.7 Å². The summed E-state index contributed by atoms with van der Waals surface area (Å²) in [6, 6.07) is 11.7. The van der Waals surface area contributed by atoms with Crippen LogP contribution in [0.4, 0.5) is 10.1 Å². The number of anilines is 1. The molecule has 0 bridgehead atoms. The van der Waals surface area contributed by atoms with Crippen molar-refractivity contribution in [1.29, 1.82) is 0 Å². The van der Waals surface area contributed by atoms with Crippen molar-refractivity contribution in [2.24, 2.45) is 0 Å². The number of hydrogen-bond donors (Lipinski definition) is 1. The standard InChI is InChI=1S/C16H11ClFN3O/c17-11-8-13(18)16(21-9-11)22-12-5-3-10(4-6-12)15-14(19)2-1-7-20-15/h1-9H,19H2. The highest BCUT2D eigenvalue weighted by atomic mass is 35.5. The fourth-order valence-electron chi connectivity index (χ4n) is 1.93. The summed E-state index contributed by atoms with van der Waals surface area (Å²) in [6.45, 7) is 0. The van der Waals surface area contributed by atoms with Crippen molar-refractivity contribution >= 4 is 17.3 Å². The van der Waals surface area contributed by atoms with E-state index in [4.69, 9.17) is 22.1 Å². The molecule has 0 saturated carbocycles. The van der Waals surface area contributed by atoms with Gasteiger partial charge >= 0.3 is 0 Å². The van der Waals surface area contributed by atoms with Crippen molar-refractivity contribution in [2.45, 2.75) is 0 Å². The van der Waals surface area contributed by atoms with Gasteiger partial charge < -0.3 is 10.5 Å². The van der Waals surface area contributed by atoms with E-state index < -0.39 is 5.82 Å². The van der Waals surface area contributed by atoms with E-state index in [9.17, 15) is 4.39 Å². The maximum absolute atomic E-state index is 13.6. The minimum atomic E-state index is -0.620. The summed E-state index contributed by atoms with van der Waals surface area (Å²) in [5.41, 5.74) is 7.99. The summed E-state index contributed by atoms with van der Waals surface area (Å²) in [6.07, 6.45) is 2.99. The molecule has 2 N–H and O–H groups in total. The molecule has 0 aliphatic rings. The Morgan fingerprint density at radius 3 is 2.55 bits per heavy atom. The average Bonchev–Trinajstić information content (AvgIpc) is 2.51. The molecule has 3 rings (SSSR count). The van der Waals surface area contributed by atoms with Gasteiger partial charge in [-0.3, -0.25) is 4.98 Å². The fourth-order valence-corrected chi connectivity index (χ4v) is 2.07. The van der Waals surface area contributed by atoms with Gasteiger partial charge in [-0.1, -0.05) is 11.6 Å². The minimum Gasteiger partial charge on any atom is -0.436 e. The van der Waals surface area contributed by atoms with Crippen LogP contribution in [-0.2, 0) is 0 Å². The Labute approximate surface area is 131 Å². The van der Waals surface area contributed by atoms with Crippen molar-refractivity contribution in [3.63, 3.8) is 0 Å². The lowest BCUT2D eigenvalue weighted by atomic mass is 10.1. The molecular formula is C16H11ClFN3O. The number of nitrogen functional groups attached to an aromatic ring is 1. The van der Waals surface area contributed by atoms with Crippen molar-refractivity contribution in [2.75, 3.05) is 5.73 Å². The number of aromatic nitrogens is 2. The minimum absolute atomic E-state index is 0.130. The summed E-state index contributed by atoms with van der Waals surface area (Å²) in [5, 5.41) is 0.214. The van der Waals surface area contributed by atoms with E-state index >= 15 is 0 Å². The molecule has 110 valence electrons. The Morgan fingerprint density at radius 2 is 1.86 bits per heavy atom. The van der Waals surface area contributed by atoms with Crippen LogP contribution in [0.3, 0.4) is 0 Å². The lowest BCUT2D eigenvalue weighted by molar-refractivity contribution is 0.423. The monoisotopic (exact) mass is 315 g/mol. The van der Waals surface area contributed by atoms with Crippen LogP contribution in [0.5, 0.6) is 11.6 Å². The highest BCUT2D eigenvalue weighted by Gasteiger charge is 2.08. The molecule has 3 aromatic rings. The second kappa shape index (κ2) is 5.99. The number of halogens is 2. The third-order valence-corrected chi connectivity index (χ3v) is 3.16. The Balaban J connectivity index is 1.84. The zero-order valence-electron chi connectivity index (χ0n) is 11.3. The number of pyridine rings is 2. The summed E-state index contributed by atoms with van der Waals surface area (Å²) in [5.74, 6) is -0.299. The van der Waals surface area contributed by atoms with Crippen LogP contribution in [0.25, 0.3) is 11.3 Å². The van der Waals surface area contributed by atoms with Gasteiger partial charge in [0.05, 0.1) is 16.4 Å². The normalized spacial score (nSPS) is 10.5. The van der Waals surface area contributed by atoms with Gasteiger partial charge in [0.2, 0.25) is 0 Å². The predicted octanol–water partition coefficient (Wildman–Crippen LogP) is 4.31. The maximum atomic E-state index is 13.6. The number of nitrogens with zero attached hydrogens (tertiary/aromatic N) is 2. The Bertz CT molecular complexity index is 809. The number of hydrogen-bond acceptors (Lipinski definition) is 4. The van der Waals surface area contributed by atoms with E-state index in [-0.39, 0.29) is 10.9 Å². The van der Waals surface area contributed by atoms with Gasteiger partial charge in [0, 0.05) is 18.0 Å². The Hall–Kier alpha value is -2.66. The van der Waals surface area contributed by atoms with Crippen LogP contribution in [0.1, 0.15) is 0 Å². The topological polar surface area (TPSA) is 61.0 Å². The Kier molecular flexibility index (Phi) is 3.89. The van der Waals surface area contributed by atoms with Crippen LogP contribution in [0.15, 0.2) is 54.9 Å². The van der Waals surface area contributed by atoms with E-state index in [2.05, 4.69) is 9.97 Å². The van der Waals surface area contributed by atoms with Crippen LogP contribution < -0.4 is 10.5 Å². The third-order valence-electron chi connectivity index (χ3n) is 2.96. The third kappa shape index (κ3) is 2.99. The molecular weight excluding hydrogens is 305 g/mol. The molecule has 0 atom stereocenters. The molecule has 2 heterocycles. The highest BCUT2D eigenvalue weighted by molar-refractivity contribution is 6.30. The van der Waals surface area contributed by atoms with Crippen molar-refractivity contribution < 1.29 is 9.13 Å². The molecule has 4 nitrogen and oxygen atoms in total. The number of nitrogens with two attached hydrogens (primary N) is 1. The lowest BCUT2D eigenvalue weighted by Gasteiger charge is -2.08. The van der Waals surface area contributed by atoms with Gasteiger partial charge in [0.1, 0.15) is 5.75 Å². The van der Waals surface area contributed by atoms with Gasteiger partial charge in [-0.05, 0) is 42.5 Å². The Morgan fingerprint density at radius 1 is 1.09 bits per heavy atom. The second-order valence-corrected chi connectivity index (χ2v) is 4.94. The van der Waals surface area contributed by atoms with E-state index in [1.807, 2.05) is 0 Å². The van der Waals surface area contributed by atoms with Crippen LogP contribution in [-0.4, -0.2) is 9.97 Å². The smallest absolute Gasteiger partial charge is 0.255 e. The summed E-state index contributed by atoms with van der Waals surface area (Å²) < 4.78 is 19.0. The second-order valence-electron chi connectivity index (χ2n) is 4.51. The molecule has 0 aliphatic heterocycles. The molecule has 0 spiro atoms. The molecule has 0 saturated heterocycles. The van der Waals surface area contributed by atoms with E-state index in [0.29, 0.717) is 17.1 Å². The highest BCUT2D eigenvalue weighted by Crippen LogP contribution is 2.28. The number of benzene rings is 1. The number of ether oxygens (including phenoxy) is 1. The van der Waals surface area contributed by atoms with E-state index in [0.717, 1.165) is 11.6 Å². The maximum Gasteiger partial charge on any atom is 0.255 e. The van der Waals surface area contributed by atoms with E-state index in [1.165, 1.54) is 6.20 Å². The molecule has 0 fully saturated rings. The first-order chi connectivity index (χ1) is 10.6. The predicted molar refractivity (Wildman–Crippen MR) is 83.4 cm³/mol. The van der Waals surface area contributed by atoms with Gasteiger partial charge in [-0.2, -0.15) is 0 Å². The molecule has 1 aromatic carbocycles. The molecule has 2 aromatic heterocycles. The quantitative estimate of drug-likeness (QED) is 0.782. The van der Waals surface area contributed by atoms with Crippen molar-refractivity contribution in [3.8, 4) is 22.9 Å². The largest absolute Gasteiger partial charge is 0.436 e.